The number of benzene rings is 8. The maximum atomic E-state index is 13.5. The quantitative estimate of drug-likeness (QED) is 0.0796. The van der Waals surface area contributed by atoms with Crippen LogP contribution in [0.3, 0.4) is 0 Å². The molecular formula is C70H57ClN6O. The standard InChI is InChI=1S/C35H27N3.C28H21NO.C7H8N2.ClH/c1-5-13-24(14-6-1)30-23-31(25-15-7-2-8-16-25)36-33-28(30)21-22-29-32(26-17-9-3-10-18-26)37-35(38-34(29)33)27-19-11-4-12-20-27;30-28-23(18-20-10-4-1-5-11-20)16-17-24-25(21-12-6-2-7-13-21)19-26(29-27(24)28)22-14-8-3-9-15-22;8-7(9)6-4-2-1-3-5-6;/h1-20,23,32H,21-22H2,(H,37,38);1-15,18-19H,16-17H2;1-5H,(H3,8,9);1H/b;23-18+;;. The third kappa shape index (κ3) is 11.6. The molecule has 8 heteroatoms. The van der Waals surface area contributed by atoms with Crippen molar-refractivity contribution in [2.24, 2.45) is 10.7 Å². The maximum Gasteiger partial charge on any atom is 0.270 e. The second kappa shape index (κ2) is 24.4. The summed E-state index contributed by atoms with van der Waals surface area (Å²) in [5, 5.41) is 9.06. The molecule has 10 aromatic rings. The highest BCUT2D eigenvalue weighted by atomic mass is 35.5. The third-order valence-electron chi connectivity index (χ3n) is 14.2. The Labute approximate surface area is 462 Å². The molecule has 5 N–H and O–H groups in total. The van der Waals surface area contributed by atoms with Crippen molar-refractivity contribution >= 4 is 29.2 Å². The summed E-state index contributed by atoms with van der Waals surface area (Å²) in [6.07, 6.45) is 5.41. The Balaban J connectivity index is 0.000000153. The number of hydrogen-bond donors (Lipinski definition) is 3. The van der Waals surface area contributed by atoms with E-state index in [0.717, 1.165) is 104 Å². The van der Waals surface area contributed by atoms with E-state index in [-0.39, 0.29) is 24.2 Å². The first-order valence-electron chi connectivity index (χ1n) is 26.2. The van der Waals surface area contributed by atoms with Gasteiger partial charge in [-0.2, -0.15) is 0 Å². The molecule has 0 radical (unpaired) electrons. The number of pyridine rings is 2. The molecule has 78 heavy (non-hydrogen) atoms. The van der Waals surface area contributed by atoms with Crippen LogP contribution in [0, 0.1) is 0 Å². The molecule has 1 atom stereocenters. The third-order valence-corrected chi connectivity index (χ3v) is 14.2. The number of fused-ring (bicyclic) bond motifs is 3. The lowest BCUT2D eigenvalue weighted by Crippen LogP contribution is -3.00. The minimum Gasteiger partial charge on any atom is -1.00 e. The van der Waals surface area contributed by atoms with Gasteiger partial charge in [0, 0.05) is 22.3 Å². The fraction of sp³-hybridized carbons (Fsp3) is 0.0714. The molecule has 0 fully saturated rings. The van der Waals surface area contributed by atoms with Gasteiger partial charge in [-0.25, -0.2) is 9.97 Å². The van der Waals surface area contributed by atoms with Gasteiger partial charge in [0.2, 0.25) is 5.78 Å². The number of aliphatic imine (C=N–C) groups is 1. The summed E-state index contributed by atoms with van der Waals surface area (Å²) in [5.41, 5.74) is 25.4. The lowest BCUT2D eigenvalue weighted by atomic mass is 9.82. The van der Waals surface area contributed by atoms with E-state index in [9.17, 15) is 4.79 Å². The van der Waals surface area contributed by atoms with Crippen molar-refractivity contribution in [1.82, 2.24) is 15.3 Å². The largest absolute Gasteiger partial charge is 1.00 e. The first kappa shape index (κ1) is 51.9. The Morgan fingerprint density at radius 2 is 0.897 bits per heavy atom. The van der Waals surface area contributed by atoms with E-state index in [1.807, 2.05) is 121 Å². The molecule has 7 nitrogen and oxygen atoms in total. The molecule has 1 aliphatic heterocycles. The van der Waals surface area contributed by atoms with E-state index in [2.05, 4.69) is 145 Å². The highest BCUT2D eigenvalue weighted by Crippen LogP contribution is 2.44. The van der Waals surface area contributed by atoms with Crippen molar-refractivity contribution in [1.29, 1.82) is 0 Å². The lowest BCUT2D eigenvalue weighted by Gasteiger charge is -2.33. The number of Topliss-reactive ketones (excluding diaryl/α,β-unsaturated/α-hetero) is 1. The summed E-state index contributed by atoms with van der Waals surface area (Å²) in [6, 6.07) is 86.4. The Morgan fingerprint density at radius 3 is 1.38 bits per heavy atom. The minimum absolute atomic E-state index is 0. The number of aromatic nitrogens is 2. The van der Waals surface area contributed by atoms with Crippen LogP contribution in [0.25, 0.3) is 56.5 Å². The number of nitrogens with one attached hydrogen (secondary N) is 1. The van der Waals surface area contributed by atoms with Crippen molar-refractivity contribution in [2.45, 2.75) is 31.7 Å². The van der Waals surface area contributed by atoms with Crippen LogP contribution in [0.15, 0.2) is 271 Å². The molecular weight excluding hydrogens is 976 g/mol. The van der Waals surface area contributed by atoms with Crippen LogP contribution in [-0.2, 0) is 12.8 Å². The van der Waals surface area contributed by atoms with Gasteiger partial charge in [0.25, 0.3) is 5.84 Å². The predicted octanol–water partition coefficient (Wildman–Crippen LogP) is 10.6. The van der Waals surface area contributed by atoms with E-state index >= 15 is 0 Å². The number of rotatable bonds is 8. The average Bonchev–Trinajstić information content (AvgIpc) is 3.70. The van der Waals surface area contributed by atoms with Gasteiger partial charge in [-0.15, -0.1) is 0 Å². The number of nitrogens with two attached hydrogens (primary N) is 2. The predicted molar refractivity (Wildman–Crippen MR) is 314 cm³/mol. The van der Waals surface area contributed by atoms with Crippen molar-refractivity contribution in [3.05, 3.63) is 311 Å². The molecule has 0 bridgehead atoms. The number of carbonyl (C=O) groups excluding carboxylic acids is 1. The summed E-state index contributed by atoms with van der Waals surface area (Å²) in [4.78, 5) is 28.9. The van der Waals surface area contributed by atoms with Gasteiger partial charge in [-0.3, -0.25) is 20.9 Å². The number of amidine groups is 2. The van der Waals surface area contributed by atoms with Crippen molar-refractivity contribution < 1.29 is 22.6 Å². The molecule has 380 valence electrons. The first-order valence-corrected chi connectivity index (χ1v) is 26.2. The molecule has 8 aromatic carbocycles. The van der Waals surface area contributed by atoms with Gasteiger partial charge < -0.3 is 17.7 Å². The molecule has 3 heterocycles. The Hall–Kier alpha value is -9.56. The van der Waals surface area contributed by atoms with Gasteiger partial charge in [0.1, 0.15) is 17.6 Å². The zero-order valence-electron chi connectivity index (χ0n) is 43.0. The number of allylic oxidation sites excluding steroid dienone is 1. The number of halogens is 1. The fourth-order valence-electron chi connectivity index (χ4n) is 10.3. The van der Waals surface area contributed by atoms with E-state index in [0.29, 0.717) is 11.5 Å². The van der Waals surface area contributed by atoms with Gasteiger partial charge in [0.05, 0.1) is 28.3 Å². The smallest absolute Gasteiger partial charge is 0.270 e. The second-order valence-corrected chi connectivity index (χ2v) is 19.1. The van der Waals surface area contributed by atoms with E-state index in [4.69, 9.17) is 26.1 Å². The monoisotopic (exact) mass is 1030 g/mol. The van der Waals surface area contributed by atoms with E-state index in [1.165, 1.54) is 27.8 Å². The minimum atomic E-state index is -0.0434. The summed E-state index contributed by atoms with van der Waals surface area (Å²) in [7, 11) is 0. The summed E-state index contributed by atoms with van der Waals surface area (Å²) in [6.45, 7) is 0. The zero-order valence-corrected chi connectivity index (χ0v) is 43.8. The number of ketones is 1. The molecule has 13 rings (SSSR count). The number of carbonyl (C=O) groups is 1. The number of hydrogen-bond acceptors (Lipinski definition) is 5. The lowest BCUT2D eigenvalue weighted by molar-refractivity contribution is -0.114. The van der Waals surface area contributed by atoms with Crippen molar-refractivity contribution in [2.75, 3.05) is 0 Å². The normalized spacial score (nSPS) is 14.5. The summed E-state index contributed by atoms with van der Waals surface area (Å²) < 4.78 is 0. The molecule has 0 amide bonds. The van der Waals surface area contributed by atoms with Crippen LogP contribution < -0.4 is 28.9 Å². The van der Waals surface area contributed by atoms with Crippen LogP contribution in [0.1, 0.15) is 68.4 Å². The van der Waals surface area contributed by atoms with Crippen LogP contribution >= 0.6 is 0 Å². The van der Waals surface area contributed by atoms with Crippen LogP contribution in [0.5, 0.6) is 0 Å². The maximum absolute atomic E-state index is 13.5. The molecule has 0 spiro atoms. The molecule has 3 aliphatic rings. The van der Waals surface area contributed by atoms with Gasteiger partial charge >= 0.3 is 0 Å². The van der Waals surface area contributed by atoms with Crippen molar-refractivity contribution in [3.63, 3.8) is 0 Å². The molecule has 1 unspecified atom stereocenters. The van der Waals surface area contributed by atoms with Gasteiger partial charge in [-0.1, -0.05) is 231 Å². The van der Waals surface area contributed by atoms with Crippen molar-refractivity contribution in [3.8, 4) is 44.8 Å². The van der Waals surface area contributed by atoms with Crippen LogP contribution in [-0.4, -0.2) is 27.4 Å². The summed E-state index contributed by atoms with van der Waals surface area (Å²) in [5.74, 6) is 1.30. The molecule has 0 saturated carbocycles. The van der Waals surface area contributed by atoms with E-state index < -0.39 is 0 Å². The highest BCUT2D eigenvalue weighted by Gasteiger charge is 2.33. The topological polar surface area (TPSA) is 119 Å². The number of nitrogens with zero attached hydrogens (tertiary/aromatic N) is 3. The second-order valence-electron chi connectivity index (χ2n) is 19.1. The molecule has 2 aliphatic carbocycles. The Bertz CT molecular complexity index is 3780. The van der Waals surface area contributed by atoms with Crippen LogP contribution in [0.4, 0.5) is 0 Å². The zero-order chi connectivity index (χ0) is 52.3. The summed E-state index contributed by atoms with van der Waals surface area (Å²) >= 11 is 0. The molecule has 2 aromatic heterocycles. The Morgan fingerprint density at radius 1 is 0.487 bits per heavy atom. The molecule has 0 saturated heterocycles. The first-order chi connectivity index (χ1) is 37.9. The van der Waals surface area contributed by atoms with Gasteiger partial charge in [0.15, 0.2) is 0 Å². The highest BCUT2D eigenvalue weighted by molar-refractivity contribution is 6.13. The van der Waals surface area contributed by atoms with Crippen LogP contribution in [0.2, 0.25) is 0 Å². The van der Waals surface area contributed by atoms with Gasteiger partial charge in [-0.05, 0) is 106 Å². The van der Waals surface area contributed by atoms with E-state index in [1.54, 1.807) is 0 Å². The Kier molecular flexibility index (Phi) is 16.2. The fourth-order valence-corrected chi connectivity index (χ4v) is 10.3. The SMILES string of the molecule is NC(=[NH2+])c1ccccc1.O=C1/C(=C/c2ccccc2)CCc2c(-c3ccccc3)cc(-c3ccccc3)nc21.[Cl-].c1ccc(C2=NC(c3ccccc3)C3=C(N2)c2nc(-c4ccccc4)cc(-c4ccccc4)c2CC3)cc1. The average molecular weight is 1030 g/mol.